The van der Waals surface area contributed by atoms with Crippen LogP contribution in [0.2, 0.25) is 5.02 Å². The Balaban J connectivity index is 1.56. The van der Waals surface area contributed by atoms with Crippen LogP contribution in [0, 0.1) is 0 Å². The minimum absolute atomic E-state index is 0.0889. The third kappa shape index (κ3) is 4.73. The lowest BCUT2D eigenvalue weighted by Gasteiger charge is -2.09. The molecule has 0 saturated carbocycles. The van der Waals surface area contributed by atoms with Crippen LogP contribution >= 0.6 is 11.6 Å². The molecule has 0 unspecified atom stereocenters. The smallest absolute Gasteiger partial charge is 0.310 e. The molecule has 0 fully saturated rings. The van der Waals surface area contributed by atoms with Gasteiger partial charge in [0.05, 0.1) is 19.6 Å². The summed E-state index contributed by atoms with van der Waals surface area (Å²) >= 11 is 5.80. The highest BCUT2D eigenvalue weighted by Crippen LogP contribution is 2.30. The molecular weight excluding hydrogens is 344 g/mol. The summed E-state index contributed by atoms with van der Waals surface area (Å²) < 4.78 is 16.2. The average molecular weight is 361 g/mol. The van der Waals surface area contributed by atoms with Gasteiger partial charge in [0.1, 0.15) is 0 Å². The number of hydrogen-bond acceptors (Lipinski definition) is 5. The Kier molecular flexibility index (Phi) is 5.56. The van der Waals surface area contributed by atoms with E-state index in [4.69, 9.17) is 25.8 Å². The molecule has 0 saturated heterocycles. The minimum atomic E-state index is -0.468. The first-order chi connectivity index (χ1) is 12.1. The van der Waals surface area contributed by atoms with Gasteiger partial charge < -0.3 is 14.2 Å². The van der Waals surface area contributed by atoms with E-state index in [0.717, 1.165) is 12.0 Å². The molecule has 2 aromatic rings. The van der Waals surface area contributed by atoms with Gasteiger partial charge in [-0.25, -0.2) is 0 Å². The number of carbonyl (C=O) groups is 2. The Bertz CT molecular complexity index is 770. The normalized spacial score (nSPS) is 13.0. The van der Waals surface area contributed by atoms with E-state index in [0.29, 0.717) is 35.3 Å². The fourth-order valence-electron chi connectivity index (χ4n) is 2.39. The van der Waals surface area contributed by atoms with Crippen LogP contribution in [0.15, 0.2) is 42.5 Å². The van der Waals surface area contributed by atoms with Crippen LogP contribution in [0.1, 0.15) is 22.3 Å². The van der Waals surface area contributed by atoms with E-state index < -0.39 is 5.97 Å². The van der Waals surface area contributed by atoms with Crippen molar-refractivity contribution in [2.45, 2.75) is 12.8 Å². The van der Waals surface area contributed by atoms with Gasteiger partial charge in [-0.1, -0.05) is 23.7 Å². The van der Waals surface area contributed by atoms with Crippen molar-refractivity contribution in [3.05, 3.63) is 58.6 Å². The van der Waals surface area contributed by atoms with E-state index in [1.807, 2.05) is 0 Å². The molecule has 0 radical (unpaired) electrons. The summed E-state index contributed by atoms with van der Waals surface area (Å²) in [7, 11) is 0. The maximum absolute atomic E-state index is 12.2. The highest BCUT2D eigenvalue weighted by molar-refractivity contribution is 6.30. The first-order valence-electron chi connectivity index (χ1n) is 7.95. The van der Waals surface area contributed by atoms with Gasteiger partial charge in [0, 0.05) is 17.0 Å². The van der Waals surface area contributed by atoms with Crippen molar-refractivity contribution in [3.8, 4) is 11.5 Å². The Morgan fingerprint density at radius 2 is 1.72 bits per heavy atom. The van der Waals surface area contributed by atoms with Crippen LogP contribution < -0.4 is 9.47 Å². The lowest BCUT2D eigenvalue weighted by Crippen LogP contribution is -2.15. The molecule has 2 aromatic carbocycles. The molecule has 0 aromatic heterocycles. The van der Waals surface area contributed by atoms with Crippen molar-refractivity contribution in [2.75, 3.05) is 19.8 Å². The molecule has 0 aliphatic carbocycles. The van der Waals surface area contributed by atoms with Gasteiger partial charge >= 0.3 is 5.97 Å². The number of esters is 1. The molecule has 3 rings (SSSR count). The number of carbonyl (C=O) groups excluding carboxylic acids is 2. The monoisotopic (exact) mass is 360 g/mol. The van der Waals surface area contributed by atoms with E-state index >= 15 is 0 Å². The van der Waals surface area contributed by atoms with Crippen molar-refractivity contribution in [3.63, 3.8) is 0 Å². The van der Waals surface area contributed by atoms with Crippen LogP contribution in [-0.4, -0.2) is 31.6 Å². The number of ketones is 1. The molecule has 5 nitrogen and oxygen atoms in total. The van der Waals surface area contributed by atoms with Gasteiger partial charge in [-0.3, -0.25) is 9.59 Å². The quantitative estimate of drug-likeness (QED) is 0.603. The second-order valence-corrected chi connectivity index (χ2v) is 6.04. The van der Waals surface area contributed by atoms with E-state index in [-0.39, 0.29) is 18.8 Å². The SMILES string of the molecule is O=C(Cc1ccc(Cl)cc1)OCC(=O)c1ccc2c(c1)OCCCO2. The summed E-state index contributed by atoms with van der Waals surface area (Å²) in [5.41, 5.74) is 1.20. The predicted molar refractivity (Wildman–Crippen MR) is 92.5 cm³/mol. The van der Waals surface area contributed by atoms with Gasteiger partial charge in [0.2, 0.25) is 0 Å². The molecule has 0 amide bonds. The maximum Gasteiger partial charge on any atom is 0.310 e. The first kappa shape index (κ1) is 17.3. The van der Waals surface area contributed by atoms with Crippen LogP contribution in [0.25, 0.3) is 0 Å². The number of ether oxygens (including phenoxy) is 3. The Hall–Kier alpha value is -2.53. The van der Waals surface area contributed by atoms with Crippen LogP contribution in [0.4, 0.5) is 0 Å². The molecule has 25 heavy (non-hydrogen) atoms. The van der Waals surface area contributed by atoms with Crippen molar-refractivity contribution in [2.24, 2.45) is 0 Å². The maximum atomic E-state index is 12.2. The molecule has 0 atom stereocenters. The van der Waals surface area contributed by atoms with Gasteiger partial charge in [0.15, 0.2) is 23.9 Å². The summed E-state index contributed by atoms with van der Waals surface area (Å²) in [5, 5.41) is 0.599. The number of fused-ring (bicyclic) bond motifs is 1. The minimum Gasteiger partial charge on any atom is -0.490 e. The average Bonchev–Trinajstić information content (AvgIpc) is 2.86. The molecule has 1 heterocycles. The van der Waals surface area contributed by atoms with Crippen LogP contribution in [0.5, 0.6) is 11.5 Å². The van der Waals surface area contributed by atoms with Crippen LogP contribution in [-0.2, 0) is 16.0 Å². The predicted octanol–water partition coefficient (Wildman–Crippen LogP) is 3.47. The van der Waals surface area contributed by atoms with Gasteiger partial charge in [-0.05, 0) is 35.9 Å². The summed E-state index contributed by atoms with van der Waals surface area (Å²) in [6.07, 6.45) is 0.881. The molecule has 0 N–H and O–H groups in total. The second-order valence-electron chi connectivity index (χ2n) is 5.60. The number of rotatable bonds is 5. The zero-order valence-electron chi connectivity index (χ0n) is 13.5. The van der Waals surface area contributed by atoms with E-state index in [1.165, 1.54) is 0 Å². The second kappa shape index (κ2) is 8.03. The van der Waals surface area contributed by atoms with Crippen molar-refractivity contribution in [1.82, 2.24) is 0 Å². The summed E-state index contributed by atoms with van der Waals surface area (Å²) in [5.74, 6) is 0.398. The Morgan fingerprint density at radius 1 is 1.00 bits per heavy atom. The van der Waals surface area contributed by atoms with E-state index in [9.17, 15) is 9.59 Å². The fourth-order valence-corrected chi connectivity index (χ4v) is 2.51. The number of hydrogen-bond donors (Lipinski definition) is 0. The number of halogens is 1. The molecule has 0 bridgehead atoms. The van der Waals surface area contributed by atoms with Crippen molar-refractivity contribution >= 4 is 23.4 Å². The van der Waals surface area contributed by atoms with Gasteiger partial charge in [-0.15, -0.1) is 0 Å². The molecule has 1 aliphatic heterocycles. The van der Waals surface area contributed by atoms with Gasteiger partial charge in [0.25, 0.3) is 0 Å². The third-order valence-corrected chi connectivity index (χ3v) is 3.95. The van der Waals surface area contributed by atoms with Gasteiger partial charge in [-0.2, -0.15) is 0 Å². The van der Waals surface area contributed by atoms with E-state index in [1.54, 1.807) is 42.5 Å². The zero-order valence-corrected chi connectivity index (χ0v) is 14.3. The lowest BCUT2D eigenvalue weighted by molar-refractivity contribution is -0.141. The molecule has 0 spiro atoms. The summed E-state index contributed by atoms with van der Waals surface area (Å²) in [6.45, 7) is 0.815. The third-order valence-electron chi connectivity index (χ3n) is 3.70. The molecule has 6 heteroatoms. The first-order valence-corrected chi connectivity index (χ1v) is 8.32. The van der Waals surface area contributed by atoms with Crippen LogP contribution in [0.3, 0.4) is 0 Å². The summed E-state index contributed by atoms with van der Waals surface area (Å²) in [4.78, 5) is 24.1. The zero-order chi connectivity index (χ0) is 17.6. The molecule has 1 aliphatic rings. The Labute approximate surface area is 150 Å². The van der Waals surface area contributed by atoms with Crippen molar-refractivity contribution in [1.29, 1.82) is 0 Å². The highest BCUT2D eigenvalue weighted by Gasteiger charge is 2.15. The number of benzene rings is 2. The summed E-state index contributed by atoms with van der Waals surface area (Å²) in [6, 6.07) is 11.9. The largest absolute Gasteiger partial charge is 0.490 e. The molecular formula is C19H17ClO5. The van der Waals surface area contributed by atoms with Crippen molar-refractivity contribution < 1.29 is 23.8 Å². The standard InChI is InChI=1S/C19H17ClO5/c20-15-5-2-13(3-6-15)10-19(22)25-12-16(21)14-4-7-17-18(11-14)24-9-1-8-23-17/h2-7,11H,1,8-10,12H2. The molecule has 130 valence electrons. The lowest BCUT2D eigenvalue weighted by atomic mass is 10.1. The van der Waals surface area contributed by atoms with E-state index in [2.05, 4.69) is 0 Å². The number of Topliss-reactive ketones (excluding diaryl/α,β-unsaturated/α-hetero) is 1. The Morgan fingerprint density at radius 3 is 2.48 bits per heavy atom. The highest BCUT2D eigenvalue weighted by atomic mass is 35.5. The fraction of sp³-hybridized carbons (Fsp3) is 0.263. The topological polar surface area (TPSA) is 61.8 Å².